The number of fused-ring (bicyclic) bond motifs is 1. The fourth-order valence-electron chi connectivity index (χ4n) is 3.73. The van der Waals surface area contributed by atoms with Gasteiger partial charge in [-0.2, -0.15) is 0 Å². The summed E-state index contributed by atoms with van der Waals surface area (Å²) in [7, 11) is 3.31. The van der Waals surface area contributed by atoms with E-state index >= 15 is 8.78 Å². The lowest BCUT2D eigenvalue weighted by atomic mass is 10.1. The minimum atomic E-state index is -1.32. The molecule has 0 aliphatic carbocycles. The van der Waals surface area contributed by atoms with Crippen molar-refractivity contribution in [1.29, 1.82) is 0 Å². The SMILES string of the molecule is CCOc1ccncc1C(O)Nc1cc(F)c(Oc2ccnc3cc(OCCNC)c(OC)cc23)c(F)c1. The summed E-state index contributed by atoms with van der Waals surface area (Å²) in [6, 6.07) is 8.44. The molecule has 1 atom stereocenters. The molecule has 4 rings (SSSR count). The number of aliphatic hydroxyl groups excluding tert-OH is 1. The van der Waals surface area contributed by atoms with Crippen molar-refractivity contribution in [2.24, 2.45) is 0 Å². The van der Waals surface area contributed by atoms with Crippen LogP contribution >= 0.6 is 0 Å². The third-order valence-corrected chi connectivity index (χ3v) is 5.51. The number of methoxy groups -OCH3 is 1. The first-order chi connectivity index (χ1) is 18.4. The monoisotopic (exact) mass is 526 g/mol. The van der Waals surface area contributed by atoms with Crippen LogP contribution in [0.4, 0.5) is 14.5 Å². The summed E-state index contributed by atoms with van der Waals surface area (Å²) >= 11 is 0. The first-order valence-corrected chi connectivity index (χ1v) is 11.9. The molecule has 0 amide bonds. The number of rotatable bonds is 12. The molecule has 38 heavy (non-hydrogen) atoms. The van der Waals surface area contributed by atoms with Crippen LogP contribution in [-0.4, -0.2) is 49.0 Å². The van der Waals surface area contributed by atoms with Gasteiger partial charge in [-0.05, 0) is 32.2 Å². The Morgan fingerprint density at radius 2 is 1.74 bits per heavy atom. The van der Waals surface area contributed by atoms with Gasteiger partial charge in [0.1, 0.15) is 18.1 Å². The quantitative estimate of drug-likeness (QED) is 0.177. The van der Waals surface area contributed by atoms with Crippen molar-refractivity contribution in [3.05, 3.63) is 72.2 Å². The molecule has 0 bridgehead atoms. The predicted molar refractivity (Wildman–Crippen MR) is 138 cm³/mol. The molecule has 11 heteroatoms. The lowest BCUT2D eigenvalue weighted by Crippen LogP contribution is -2.16. The summed E-state index contributed by atoms with van der Waals surface area (Å²) in [6.45, 7) is 3.22. The van der Waals surface area contributed by atoms with Gasteiger partial charge in [0.25, 0.3) is 0 Å². The lowest BCUT2D eigenvalue weighted by molar-refractivity contribution is 0.200. The zero-order valence-electron chi connectivity index (χ0n) is 21.1. The minimum Gasteiger partial charge on any atom is -0.493 e. The lowest BCUT2D eigenvalue weighted by Gasteiger charge is -2.18. The van der Waals surface area contributed by atoms with E-state index in [4.69, 9.17) is 18.9 Å². The van der Waals surface area contributed by atoms with Crippen LogP contribution in [-0.2, 0) is 0 Å². The number of anilines is 1. The molecule has 0 fully saturated rings. The highest BCUT2D eigenvalue weighted by atomic mass is 19.1. The first-order valence-electron chi connectivity index (χ1n) is 11.9. The number of halogens is 2. The maximum Gasteiger partial charge on any atom is 0.198 e. The van der Waals surface area contributed by atoms with E-state index in [1.54, 1.807) is 25.1 Å². The third-order valence-electron chi connectivity index (χ3n) is 5.51. The fraction of sp³-hybridized carbons (Fsp3) is 0.259. The van der Waals surface area contributed by atoms with Crippen LogP contribution in [0.15, 0.2) is 55.0 Å². The smallest absolute Gasteiger partial charge is 0.198 e. The Hall–Kier alpha value is -4.22. The van der Waals surface area contributed by atoms with E-state index in [-0.39, 0.29) is 11.4 Å². The van der Waals surface area contributed by atoms with Crippen LogP contribution in [0.25, 0.3) is 10.9 Å². The van der Waals surface area contributed by atoms with Gasteiger partial charge < -0.3 is 34.7 Å². The number of pyridine rings is 2. The summed E-state index contributed by atoms with van der Waals surface area (Å²) in [5.74, 6) is -1.08. The molecule has 0 aliphatic heterocycles. The minimum absolute atomic E-state index is 0.00392. The summed E-state index contributed by atoms with van der Waals surface area (Å²) in [6.07, 6.45) is 3.07. The number of nitrogens with one attached hydrogen (secondary N) is 2. The molecule has 0 saturated heterocycles. The van der Waals surface area contributed by atoms with Crippen molar-refractivity contribution in [1.82, 2.24) is 15.3 Å². The zero-order chi connectivity index (χ0) is 27.1. The van der Waals surface area contributed by atoms with Crippen LogP contribution in [0.1, 0.15) is 18.7 Å². The molecule has 0 aliphatic rings. The highest BCUT2D eigenvalue weighted by Gasteiger charge is 2.19. The number of hydrogen-bond acceptors (Lipinski definition) is 9. The largest absolute Gasteiger partial charge is 0.493 e. The molecule has 0 radical (unpaired) electrons. The number of aliphatic hydroxyl groups is 1. The standard InChI is InChI=1S/C27H28F2N4O5/c1-4-36-22-5-7-31-15-18(22)27(34)33-16-11-19(28)26(20(29)12-16)38-23-6-8-32-21-14-25(37-10-9-30-2)24(35-3)13-17(21)23/h5-8,11-15,27,30,33-34H,4,9-10H2,1-3H3. The topological polar surface area (TPSA) is 107 Å². The van der Waals surface area contributed by atoms with Crippen LogP contribution in [0.2, 0.25) is 0 Å². The fourth-order valence-corrected chi connectivity index (χ4v) is 3.73. The first kappa shape index (κ1) is 26.8. The van der Waals surface area contributed by atoms with Gasteiger partial charge in [0.05, 0.1) is 24.8 Å². The number of ether oxygens (including phenoxy) is 4. The van der Waals surface area contributed by atoms with Crippen molar-refractivity contribution in [3.63, 3.8) is 0 Å². The van der Waals surface area contributed by atoms with E-state index in [9.17, 15) is 5.11 Å². The molecular weight excluding hydrogens is 498 g/mol. The summed E-state index contributed by atoms with van der Waals surface area (Å²) < 4.78 is 52.4. The van der Waals surface area contributed by atoms with Crippen molar-refractivity contribution in [3.8, 4) is 28.7 Å². The average molecular weight is 527 g/mol. The average Bonchev–Trinajstić information content (AvgIpc) is 2.91. The maximum atomic E-state index is 15.0. The van der Waals surface area contributed by atoms with Gasteiger partial charge in [0.2, 0.25) is 0 Å². The second-order valence-electron chi connectivity index (χ2n) is 8.05. The number of hydrogen-bond donors (Lipinski definition) is 3. The number of benzene rings is 2. The highest BCUT2D eigenvalue weighted by molar-refractivity contribution is 5.88. The van der Waals surface area contributed by atoms with Gasteiger partial charge in [0, 0.05) is 54.4 Å². The normalized spacial score (nSPS) is 11.7. The van der Waals surface area contributed by atoms with Gasteiger partial charge in [-0.3, -0.25) is 9.97 Å². The molecular formula is C27H28F2N4O5. The molecule has 2 heterocycles. The van der Waals surface area contributed by atoms with Gasteiger partial charge in [-0.25, -0.2) is 8.78 Å². The highest BCUT2D eigenvalue weighted by Crippen LogP contribution is 2.39. The van der Waals surface area contributed by atoms with Crippen molar-refractivity contribution < 1.29 is 32.8 Å². The van der Waals surface area contributed by atoms with Gasteiger partial charge in [0.15, 0.2) is 35.1 Å². The molecule has 4 aromatic rings. The Labute approximate surface area is 218 Å². The molecule has 2 aromatic carbocycles. The van der Waals surface area contributed by atoms with Gasteiger partial charge in [-0.1, -0.05) is 0 Å². The predicted octanol–water partition coefficient (Wildman–Crippen LogP) is 4.81. The second-order valence-corrected chi connectivity index (χ2v) is 8.05. The molecule has 2 aromatic heterocycles. The van der Waals surface area contributed by atoms with E-state index in [2.05, 4.69) is 20.6 Å². The van der Waals surface area contributed by atoms with Crippen LogP contribution < -0.4 is 29.6 Å². The zero-order valence-corrected chi connectivity index (χ0v) is 21.1. The second kappa shape index (κ2) is 12.3. The van der Waals surface area contributed by atoms with Crippen LogP contribution in [0.3, 0.4) is 0 Å². The van der Waals surface area contributed by atoms with E-state index in [0.717, 1.165) is 12.1 Å². The third kappa shape index (κ3) is 6.01. The van der Waals surface area contributed by atoms with Crippen LogP contribution in [0.5, 0.6) is 28.7 Å². The van der Waals surface area contributed by atoms with E-state index in [1.807, 2.05) is 7.05 Å². The molecule has 3 N–H and O–H groups in total. The maximum absolute atomic E-state index is 15.0. The Bertz CT molecular complexity index is 1380. The number of likely N-dealkylation sites (N-methyl/N-ethyl adjacent to an activating group) is 1. The number of aromatic nitrogens is 2. The van der Waals surface area contributed by atoms with Crippen molar-refractivity contribution in [2.75, 3.05) is 39.2 Å². The Balaban J connectivity index is 1.59. The summed E-state index contributed by atoms with van der Waals surface area (Å²) in [4.78, 5) is 8.29. The Kier molecular flexibility index (Phi) is 8.72. The van der Waals surface area contributed by atoms with E-state index in [1.165, 1.54) is 31.8 Å². The molecule has 9 nitrogen and oxygen atoms in total. The molecule has 0 saturated carbocycles. The summed E-state index contributed by atoms with van der Waals surface area (Å²) in [5.41, 5.74) is 0.810. The molecule has 200 valence electrons. The number of nitrogens with zero attached hydrogens (tertiary/aromatic N) is 2. The summed E-state index contributed by atoms with van der Waals surface area (Å²) in [5, 5.41) is 16.7. The van der Waals surface area contributed by atoms with Gasteiger partial charge in [-0.15, -0.1) is 0 Å². The van der Waals surface area contributed by atoms with E-state index < -0.39 is 23.6 Å². The molecule has 0 spiro atoms. The van der Waals surface area contributed by atoms with Gasteiger partial charge >= 0.3 is 0 Å². The van der Waals surface area contributed by atoms with E-state index in [0.29, 0.717) is 53.5 Å². The Morgan fingerprint density at radius 3 is 2.45 bits per heavy atom. The van der Waals surface area contributed by atoms with Crippen molar-refractivity contribution >= 4 is 16.6 Å². The van der Waals surface area contributed by atoms with Crippen LogP contribution in [0, 0.1) is 11.6 Å². The Morgan fingerprint density at radius 1 is 0.974 bits per heavy atom. The molecule has 1 unspecified atom stereocenters. The van der Waals surface area contributed by atoms with Crippen molar-refractivity contribution in [2.45, 2.75) is 13.2 Å².